The van der Waals surface area contributed by atoms with Crippen molar-refractivity contribution in [1.29, 1.82) is 0 Å². The molecule has 3 rings (SSSR count). The number of hydrogen-bond donors (Lipinski definition) is 1. The second kappa shape index (κ2) is 7.76. The molecule has 1 aliphatic rings. The van der Waals surface area contributed by atoms with Crippen LogP contribution in [0.15, 0.2) is 53.6 Å². The zero-order valence-corrected chi connectivity index (χ0v) is 14.7. The summed E-state index contributed by atoms with van der Waals surface area (Å²) in [5.41, 5.74) is 0.717. The van der Waals surface area contributed by atoms with Crippen LogP contribution in [0.2, 0.25) is 0 Å². The Balaban J connectivity index is 1.80. The molecule has 1 amide bonds. The fourth-order valence-electron chi connectivity index (χ4n) is 2.86. The third kappa shape index (κ3) is 4.24. The highest BCUT2D eigenvalue weighted by atomic mass is 32.2. The van der Waals surface area contributed by atoms with Crippen LogP contribution in [0.3, 0.4) is 0 Å². The third-order valence-corrected chi connectivity index (χ3v) is 6.09. The van der Waals surface area contributed by atoms with Crippen LogP contribution in [0.25, 0.3) is 0 Å². The molecule has 0 saturated carbocycles. The SMILES string of the molecule is O=C(Nc1cccc(S(=O)(=O)N2CCCCCC2)c1)c1ccccn1. The third-order valence-electron chi connectivity index (χ3n) is 4.19. The molecule has 2 aromatic rings. The van der Waals surface area contributed by atoms with E-state index >= 15 is 0 Å². The molecular formula is C18H21N3O3S. The van der Waals surface area contributed by atoms with E-state index in [0.717, 1.165) is 25.7 Å². The van der Waals surface area contributed by atoms with Gasteiger partial charge in [-0.05, 0) is 43.2 Å². The van der Waals surface area contributed by atoms with Crippen LogP contribution in [-0.4, -0.2) is 36.7 Å². The highest BCUT2D eigenvalue weighted by molar-refractivity contribution is 7.89. The maximum absolute atomic E-state index is 12.8. The molecule has 0 bridgehead atoms. The molecule has 1 aliphatic heterocycles. The normalized spacial score (nSPS) is 16.2. The van der Waals surface area contributed by atoms with Crippen molar-refractivity contribution in [3.63, 3.8) is 0 Å². The van der Waals surface area contributed by atoms with Gasteiger partial charge in [-0.25, -0.2) is 8.42 Å². The molecule has 0 unspecified atom stereocenters. The van der Waals surface area contributed by atoms with Gasteiger partial charge in [-0.1, -0.05) is 25.0 Å². The summed E-state index contributed by atoms with van der Waals surface area (Å²) in [6, 6.07) is 11.4. The van der Waals surface area contributed by atoms with Crippen molar-refractivity contribution in [3.05, 3.63) is 54.4 Å². The fraction of sp³-hybridized carbons (Fsp3) is 0.333. The molecule has 0 atom stereocenters. The molecule has 0 radical (unpaired) electrons. The minimum absolute atomic E-state index is 0.202. The predicted octanol–water partition coefficient (Wildman–Crippen LogP) is 2.90. The smallest absolute Gasteiger partial charge is 0.274 e. The molecule has 0 aliphatic carbocycles. The number of rotatable bonds is 4. The lowest BCUT2D eigenvalue weighted by Crippen LogP contribution is -2.32. The van der Waals surface area contributed by atoms with Crippen LogP contribution in [0, 0.1) is 0 Å². The first kappa shape index (κ1) is 17.6. The zero-order valence-electron chi connectivity index (χ0n) is 13.9. The number of anilines is 1. The summed E-state index contributed by atoms with van der Waals surface area (Å²) >= 11 is 0. The van der Waals surface area contributed by atoms with E-state index in [1.165, 1.54) is 12.3 Å². The van der Waals surface area contributed by atoms with Gasteiger partial charge in [-0.2, -0.15) is 4.31 Å². The Morgan fingerprint density at radius 1 is 1.00 bits per heavy atom. The summed E-state index contributed by atoms with van der Waals surface area (Å²) in [5.74, 6) is -0.370. The molecule has 1 saturated heterocycles. The molecule has 132 valence electrons. The Kier molecular flexibility index (Phi) is 5.45. The molecule has 7 heteroatoms. The number of nitrogens with zero attached hydrogens (tertiary/aromatic N) is 2. The predicted molar refractivity (Wildman–Crippen MR) is 95.9 cm³/mol. The summed E-state index contributed by atoms with van der Waals surface area (Å²) in [4.78, 5) is 16.4. The first-order valence-electron chi connectivity index (χ1n) is 8.40. The van der Waals surface area contributed by atoms with Crippen molar-refractivity contribution in [3.8, 4) is 0 Å². The lowest BCUT2D eigenvalue weighted by atomic mass is 10.2. The van der Waals surface area contributed by atoms with Gasteiger partial charge in [0.2, 0.25) is 10.0 Å². The number of carbonyl (C=O) groups excluding carboxylic acids is 1. The van der Waals surface area contributed by atoms with Gasteiger partial charge >= 0.3 is 0 Å². The van der Waals surface area contributed by atoms with E-state index < -0.39 is 10.0 Å². The van der Waals surface area contributed by atoms with E-state index in [-0.39, 0.29) is 16.5 Å². The minimum Gasteiger partial charge on any atom is -0.321 e. The van der Waals surface area contributed by atoms with E-state index in [0.29, 0.717) is 18.8 Å². The number of carbonyl (C=O) groups is 1. The molecular weight excluding hydrogens is 338 g/mol. The van der Waals surface area contributed by atoms with E-state index in [9.17, 15) is 13.2 Å². The summed E-state index contributed by atoms with van der Waals surface area (Å²) in [7, 11) is -3.54. The van der Waals surface area contributed by atoms with Crippen LogP contribution < -0.4 is 5.32 Å². The minimum atomic E-state index is -3.54. The highest BCUT2D eigenvalue weighted by Crippen LogP contribution is 2.22. The second-order valence-corrected chi connectivity index (χ2v) is 7.95. The van der Waals surface area contributed by atoms with Crippen molar-refractivity contribution in [1.82, 2.24) is 9.29 Å². The summed E-state index contributed by atoms with van der Waals surface area (Å²) in [6.07, 6.45) is 5.43. The van der Waals surface area contributed by atoms with Crippen LogP contribution in [-0.2, 0) is 10.0 Å². The Labute approximate surface area is 147 Å². The Morgan fingerprint density at radius 3 is 2.44 bits per heavy atom. The largest absolute Gasteiger partial charge is 0.321 e. The van der Waals surface area contributed by atoms with Crippen molar-refractivity contribution in [2.24, 2.45) is 0 Å². The van der Waals surface area contributed by atoms with E-state index in [2.05, 4.69) is 10.3 Å². The molecule has 0 spiro atoms. The van der Waals surface area contributed by atoms with Gasteiger partial charge in [0.1, 0.15) is 5.69 Å². The number of amides is 1. The van der Waals surface area contributed by atoms with Crippen LogP contribution in [0.1, 0.15) is 36.2 Å². The molecule has 1 aromatic carbocycles. The van der Waals surface area contributed by atoms with Gasteiger partial charge in [0.15, 0.2) is 0 Å². The van der Waals surface area contributed by atoms with Gasteiger partial charge in [0, 0.05) is 25.0 Å². The Bertz CT molecular complexity index is 830. The van der Waals surface area contributed by atoms with Crippen molar-refractivity contribution >= 4 is 21.6 Å². The van der Waals surface area contributed by atoms with Crippen molar-refractivity contribution in [2.45, 2.75) is 30.6 Å². The lowest BCUT2D eigenvalue weighted by molar-refractivity contribution is 0.102. The first-order chi connectivity index (χ1) is 12.1. The zero-order chi connectivity index (χ0) is 17.7. The van der Waals surface area contributed by atoms with E-state index in [1.54, 1.807) is 40.7 Å². The monoisotopic (exact) mass is 359 g/mol. The summed E-state index contributed by atoms with van der Waals surface area (Å²) in [5, 5.41) is 2.70. The van der Waals surface area contributed by atoms with Crippen LogP contribution >= 0.6 is 0 Å². The maximum atomic E-state index is 12.8. The molecule has 2 heterocycles. The van der Waals surface area contributed by atoms with Crippen LogP contribution in [0.4, 0.5) is 5.69 Å². The molecule has 25 heavy (non-hydrogen) atoms. The topological polar surface area (TPSA) is 79.4 Å². The average molecular weight is 359 g/mol. The molecule has 1 aromatic heterocycles. The quantitative estimate of drug-likeness (QED) is 0.910. The summed E-state index contributed by atoms with van der Waals surface area (Å²) < 4.78 is 27.2. The summed E-state index contributed by atoms with van der Waals surface area (Å²) in [6.45, 7) is 1.10. The number of hydrogen-bond acceptors (Lipinski definition) is 4. The maximum Gasteiger partial charge on any atom is 0.274 e. The van der Waals surface area contributed by atoms with E-state index in [1.807, 2.05) is 0 Å². The number of pyridine rings is 1. The standard InChI is InChI=1S/C18H21N3O3S/c22-18(17-10-3-4-11-19-17)20-15-8-7-9-16(14-15)25(23,24)21-12-5-1-2-6-13-21/h3-4,7-11,14H,1-2,5-6,12-13H2,(H,20,22). The Hall–Kier alpha value is -2.25. The Morgan fingerprint density at radius 2 is 1.76 bits per heavy atom. The first-order valence-corrected chi connectivity index (χ1v) is 9.84. The van der Waals surface area contributed by atoms with Crippen molar-refractivity contribution < 1.29 is 13.2 Å². The molecule has 1 fully saturated rings. The number of aromatic nitrogens is 1. The fourth-order valence-corrected chi connectivity index (χ4v) is 4.42. The van der Waals surface area contributed by atoms with E-state index in [4.69, 9.17) is 0 Å². The second-order valence-electron chi connectivity index (χ2n) is 6.02. The molecule has 1 N–H and O–H groups in total. The highest BCUT2D eigenvalue weighted by Gasteiger charge is 2.25. The molecule has 6 nitrogen and oxygen atoms in total. The number of benzene rings is 1. The van der Waals surface area contributed by atoms with Gasteiger partial charge in [-0.15, -0.1) is 0 Å². The van der Waals surface area contributed by atoms with Gasteiger partial charge in [0.05, 0.1) is 4.90 Å². The average Bonchev–Trinajstić information content (AvgIpc) is 2.93. The van der Waals surface area contributed by atoms with Gasteiger partial charge < -0.3 is 5.32 Å². The van der Waals surface area contributed by atoms with Gasteiger partial charge in [0.25, 0.3) is 5.91 Å². The number of nitrogens with one attached hydrogen (secondary N) is 1. The van der Waals surface area contributed by atoms with Crippen LogP contribution in [0.5, 0.6) is 0 Å². The lowest BCUT2D eigenvalue weighted by Gasteiger charge is -2.20. The van der Waals surface area contributed by atoms with Crippen molar-refractivity contribution in [2.75, 3.05) is 18.4 Å². The number of sulfonamides is 1. The van der Waals surface area contributed by atoms with Gasteiger partial charge in [-0.3, -0.25) is 9.78 Å².